The Kier molecular flexibility index (Phi) is 2.13. The van der Waals surface area contributed by atoms with Crippen molar-refractivity contribution in [1.29, 1.82) is 0 Å². The first-order chi connectivity index (χ1) is 6.59. The van der Waals surface area contributed by atoms with Crippen LogP contribution in [-0.4, -0.2) is 16.1 Å². The molecule has 1 N–H and O–H groups in total. The fourth-order valence-corrected chi connectivity index (χ4v) is 1.98. The molecule has 0 aliphatic rings. The van der Waals surface area contributed by atoms with Crippen LogP contribution in [0.2, 0.25) is 5.02 Å². The summed E-state index contributed by atoms with van der Waals surface area (Å²) < 4.78 is 13.8. The molecule has 0 atom stereocenters. The number of benzene rings is 1. The lowest BCUT2D eigenvalue weighted by molar-refractivity contribution is 0.0696. The normalized spacial score (nSPS) is 10.7. The highest BCUT2D eigenvalue weighted by Crippen LogP contribution is 2.28. The first-order valence-electron chi connectivity index (χ1n) is 3.57. The van der Waals surface area contributed by atoms with E-state index >= 15 is 0 Å². The first-order valence-corrected chi connectivity index (χ1v) is 4.77. The van der Waals surface area contributed by atoms with E-state index in [0.717, 1.165) is 11.3 Å². The number of fused-ring (bicyclic) bond motifs is 1. The molecule has 0 saturated heterocycles. The summed E-state index contributed by atoms with van der Waals surface area (Å²) in [5.41, 5.74) is 0.0138. The first kappa shape index (κ1) is 9.36. The molecule has 72 valence electrons. The molecule has 2 rings (SSSR count). The van der Waals surface area contributed by atoms with E-state index in [1.165, 1.54) is 6.07 Å². The minimum Gasteiger partial charge on any atom is -0.476 e. The number of carboxylic acid groups (broad SMARTS) is 1. The van der Waals surface area contributed by atoms with Gasteiger partial charge in [0.05, 0.1) is 9.72 Å². The zero-order valence-corrected chi connectivity index (χ0v) is 8.19. The Hall–Kier alpha value is -1.20. The molecular formula is C8H3ClFNO2S. The third-order valence-electron chi connectivity index (χ3n) is 1.63. The standard InChI is InChI=1S/C8H3ClFNO2S/c9-3-1-2-4-6(5(3)10)11-7(14-4)8(12)13/h1-2H,(H,12,13). The van der Waals surface area contributed by atoms with E-state index in [-0.39, 0.29) is 15.5 Å². The SMILES string of the molecule is O=C(O)c1nc2c(F)c(Cl)ccc2s1. The van der Waals surface area contributed by atoms with E-state index in [9.17, 15) is 9.18 Å². The van der Waals surface area contributed by atoms with Crippen molar-refractivity contribution in [3.8, 4) is 0 Å². The van der Waals surface area contributed by atoms with E-state index in [0.29, 0.717) is 4.70 Å². The molecule has 0 bridgehead atoms. The van der Waals surface area contributed by atoms with Gasteiger partial charge in [0, 0.05) is 0 Å². The van der Waals surface area contributed by atoms with Gasteiger partial charge in [0.25, 0.3) is 0 Å². The second kappa shape index (κ2) is 3.18. The number of aromatic carboxylic acids is 1. The van der Waals surface area contributed by atoms with Crippen molar-refractivity contribution in [3.63, 3.8) is 0 Å². The van der Waals surface area contributed by atoms with E-state index in [1.54, 1.807) is 6.07 Å². The van der Waals surface area contributed by atoms with Gasteiger partial charge in [-0.1, -0.05) is 11.6 Å². The highest BCUT2D eigenvalue weighted by Gasteiger charge is 2.14. The number of carbonyl (C=O) groups is 1. The van der Waals surface area contributed by atoms with Crippen molar-refractivity contribution in [2.45, 2.75) is 0 Å². The van der Waals surface area contributed by atoms with Crippen molar-refractivity contribution in [1.82, 2.24) is 4.98 Å². The van der Waals surface area contributed by atoms with E-state index in [4.69, 9.17) is 16.7 Å². The predicted octanol–water partition coefficient (Wildman–Crippen LogP) is 2.79. The summed E-state index contributed by atoms with van der Waals surface area (Å²) in [5.74, 6) is -1.84. The minimum atomic E-state index is -1.17. The molecule has 0 amide bonds. The molecule has 1 aromatic heterocycles. The maximum atomic E-state index is 13.3. The fraction of sp³-hybridized carbons (Fsp3) is 0. The van der Waals surface area contributed by atoms with Gasteiger partial charge < -0.3 is 5.11 Å². The summed E-state index contributed by atoms with van der Waals surface area (Å²) in [7, 11) is 0. The van der Waals surface area contributed by atoms with Gasteiger partial charge >= 0.3 is 5.97 Å². The smallest absolute Gasteiger partial charge is 0.365 e. The van der Waals surface area contributed by atoms with Gasteiger partial charge in [-0.3, -0.25) is 0 Å². The van der Waals surface area contributed by atoms with Crippen LogP contribution in [0.15, 0.2) is 12.1 Å². The van der Waals surface area contributed by atoms with Crippen LogP contribution >= 0.6 is 22.9 Å². The maximum Gasteiger partial charge on any atom is 0.365 e. The molecule has 3 nitrogen and oxygen atoms in total. The van der Waals surface area contributed by atoms with Crippen LogP contribution < -0.4 is 0 Å². The minimum absolute atomic E-state index is 0.0138. The van der Waals surface area contributed by atoms with Gasteiger partial charge in [-0.15, -0.1) is 11.3 Å². The Morgan fingerprint density at radius 2 is 2.29 bits per heavy atom. The highest BCUT2D eigenvalue weighted by atomic mass is 35.5. The topological polar surface area (TPSA) is 50.2 Å². The molecule has 0 unspecified atom stereocenters. The van der Waals surface area contributed by atoms with Crippen molar-refractivity contribution in [3.05, 3.63) is 28.0 Å². The lowest BCUT2D eigenvalue weighted by atomic mass is 10.3. The number of nitrogens with zero attached hydrogens (tertiary/aromatic N) is 1. The Labute approximate surface area is 86.8 Å². The van der Waals surface area contributed by atoms with Gasteiger partial charge in [-0.25, -0.2) is 14.2 Å². The predicted molar refractivity (Wildman–Crippen MR) is 51.5 cm³/mol. The molecular weight excluding hydrogens is 229 g/mol. The van der Waals surface area contributed by atoms with Crippen LogP contribution in [0.3, 0.4) is 0 Å². The summed E-state index contributed by atoms with van der Waals surface area (Å²) in [4.78, 5) is 14.2. The van der Waals surface area contributed by atoms with E-state index < -0.39 is 11.8 Å². The largest absolute Gasteiger partial charge is 0.476 e. The lowest BCUT2D eigenvalue weighted by Crippen LogP contribution is -1.93. The molecule has 1 heterocycles. The molecule has 0 aliphatic heterocycles. The Morgan fingerprint density at radius 1 is 1.57 bits per heavy atom. The summed E-state index contributed by atoms with van der Waals surface area (Å²) in [6, 6.07) is 2.92. The zero-order chi connectivity index (χ0) is 10.3. The van der Waals surface area contributed by atoms with Gasteiger partial charge in [-0.2, -0.15) is 0 Å². The van der Waals surface area contributed by atoms with Crippen LogP contribution in [-0.2, 0) is 0 Å². The van der Waals surface area contributed by atoms with Gasteiger partial charge in [0.1, 0.15) is 5.52 Å². The molecule has 0 aliphatic carbocycles. The number of halogens is 2. The quantitative estimate of drug-likeness (QED) is 0.821. The Morgan fingerprint density at radius 3 is 2.93 bits per heavy atom. The summed E-state index contributed by atoms with van der Waals surface area (Å²) in [6.07, 6.45) is 0. The summed E-state index contributed by atoms with van der Waals surface area (Å²) >= 11 is 6.44. The second-order valence-electron chi connectivity index (χ2n) is 2.53. The van der Waals surface area contributed by atoms with E-state index in [1.807, 2.05) is 0 Å². The van der Waals surface area contributed by atoms with Crippen LogP contribution in [0.1, 0.15) is 9.80 Å². The number of hydrogen-bond donors (Lipinski definition) is 1. The van der Waals surface area contributed by atoms with Gasteiger partial charge in [-0.05, 0) is 12.1 Å². The molecule has 0 saturated carbocycles. The maximum absolute atomic E-state index is 13.3. The summed E-state index contributed by atoms with van der Waals surface area (Å²) in [6.45, 7) is 0. The molecule has 0 fully saturated rings. The van der Waals surface area contributed by atoms with Crippen LogP contribution in [0.25, 0.3) is 10.2 Å². The number of thiazole rings is 1. The molecule has 1 aromatic carbocycles. The zero-order valence-electron chi connectivity index (χ0n) is 6.62. The van der Waals surface area contributed by atoms with Crippen molar-refractivity contribution in [2.75, 3.05) is 0 Å². The monoisotopic (exact) mass is 231 g/mol. The van der Waals surface area contributed by atoms with Crippen LogP contribution in [0.4, 0.5) is 4.39 Å². The molecule has 0 radical (unpaired) electrons. The average molecular weight is 232 g/mol. The highest BCUT2D eigenvalue weighted by molar-refractivity contribution is 7.20. The lowest BCUT2D eigenvalue weighted by Gasteiger charge is -1.92. The number of carboxylic acids is 1. The second-order valence-corrected chi connectivity index (χ2v) is 3.97. The number of aromatic nitrogens is 1. The molecule has 6 heteroatoms. The molecule has 0 spiro atoms. The van der Waals surface area contributed by atoms with Crippen molar-refractivity contribution < 1.29 is 14.3 Å². The molecule has 2 aromatic rings. The van der Waals surface area contributed by atoms with Crippen LogP contribution in [0, 0.1) is 5.82 Å². The van der Waals surface area contributed by atoms with E-state index in [2.05, 4.69) is 4.98 Å². The van der Waals surface area contributed by atoms with Crippen LogP contribution in [0.5, 0.6) is 0 Å². The fourth-order valence-electron chi connectivity index (χ4n) is 1.03. The molecule has 14 heavy (non-hydrogen) atoms. The third kappa shape index (κ3) is 1.34. The Bertz CT molecular complexity index is 525. The summed E-state index contributed by atoms with van der Waals surface area (Å²) in [5, 5.41) is 8.44. The number of hydrogen-bond acceptors (Lipinski definition) is 3. The number of rotatable bonds is 1. The average Bonchev–Trinajstić information content (AvgIpc) is 2.56. The third-order valence-corrected chi connectivity index (χ3v) is 2.94. The van der Waals surface area contributed by atoms with Gasteiger partial charge in [0.15, 0.2) is 5.82 Å². The van der Waals surface area contributed by atoms with Crippen molar-refractivity contribution in [2.24, 2.45) is 0 Å². The van der Waals surface area contributed by atoms with Gasteiger partial charge in [0.2, 0.25) is 5.01 Å². The van der Waals surface area contributed by atoms with Crippen molar-refractivity contribution >= 4 is 39.1 Å². The Balaban J connectivity index is 2.77.